The molecule has 134 valence electrons. The standard InChI is InChI=1S/C17H31N3O2.HI/c1-4-15(3)20-17(18-11-6-7-13-21-5-2)19-12-10-16-9-8-14-22-16;/h8-9,14-15H,4-7,10-13H2,1-3H3,(H2,18,19,20);1H. The highest BCUT2D eigenvalue weighted by Crippen LogP contribution is 1.99. The average Bonchev–Trinajstić information content (AvgIpc) is 3.03. The molecule has 0 saturated heterocycles. The summed E-state index contributed by atoms with van der Waals surface area (Å²) in [5.41, 5.74) is 0. The Labute approximate surface area is 157 Å². The zero-order chi connectivity index (χ0) is 16.0. The summed E-state index contributed by atoms with van der Waals surface area (Å²) >= 11 is 0. The maximum atomic E-state index is 5.34. The van der Waals surface area contributed by atoms with Crippen molar-refractivity contribution in [2.24, 2.45) is 4.99 Å². The number of hydrogen-bond acceptors (Lipinski definition) is 3. The van der Waals surface area contributed by atoms with Gasteiger partial charge in [-0.15, -0.1) is 24.0 Å². The molecule has 1 heterocycles. The van der Waals surface area contributed by atoms with Gasteiger partial charge in [0.2, 0.25) is 0 Å². The van der Waals surface area contributed by atoms with Gasteiger partial charge in [-0.05, 0) is 45.2 Å². The Morgan fingerprint density at radius 2 is 2.17 bits per heavy atom. The van der Waals surface area contributed by atoms with Gasteiger partial charge in [-0.25, -0.2) is 0 Å². The summed E-state index contributed by atoms with van der Waals surface area (Å²) in [4.78, 5) is 4.64. The number of aliphatic imine (C=N–C) groups is 1. The van der Waals surface area contributed by atoms with E-state index in [1.807, 2.05) is 19.1 Å². The maximum absolute atomic E-state index is 5.34. The fraction of sp³-hybridized carbons (Fsp3) is 0.706. The lowest BCUT2D eigenvalue weighted by Gasteiger charge is -2.16. The van der Waals surface area contributed by atoms with E-state index < -0.39 is 0 Å². The van der Waals surface area contributed by atoms with Crippen molar-refractivity contribution in [2.75, 3.05) is 26.3 Å². The second-order valence-electron chi connectivity index (χ2n) is 5.34. The summed E-state index contributed by atoms with van der Waals surface area (Å²) in [5, 5.41) is 6.80. The predicted octanol–water partition coefficient (Wildman–Crippen LogP) is 3.59. The lowest BCUT2D eigenvalue weighted by atomic mass is 10.3. The fourth-order valence-corrected chi connectivity index (χ4v) is 1.90. The molecule has 1 atom stereocenters. The Balaban J connectivity index is 0.00000484. The van der Waals surface area contributed by atoms with E-state index in [0.29, 0.717) is 6.04 Å². The molecule has 1 aromatic heterocycles. The summed E-state index contributed by atoms with van der Waals surface area (Å²) < 4.78 is 10.7. The quantitative estimate of drug-likeness (QED) is 0.241. The van der Waals surface area contributed by atoms with Crippen LogP contribution in [-0.2, 0) is 11.2 Å². The van der Waals surface area contributed by atoms with Crippen molar-refractivity contribution < 1.29 is 9.15 Å². The minimum absolute atomic E-state index is 0. The smallest absolute Gasteiger partial charge is 0.191 e. The van der Waals surface area contributed by atoms with Gasteiger partial charge in [0, 0.05) is 38.8 Å². The van der Waals surface area contributed by atoms with Gasteiger partial charge < -0.3 is 19.8 Å². The fourth-order valence-electron chi connectivity index (χ4n) is 1.90. The zero-order valence-electron chi connectivity index (χ0n) is 14.6. The van der Waals surface area contributed by atoms with Gasteiger partial charge >= 0.3 is 0 Å². The van der Waals surface area contributed by atoms with Crippen LogP contribution in [0.3, 0.4) is 0 Å². The number of nitrogens with zero attached hydrogens (tertiary/aromatic N) is 1. The molecule has 0 amide bonds. The number of halogens is 1. The van der Waals surface area contributed by atoms with Crippen molar-refractivity contribution in [2.45, 2.75) is 52.5 Å². The predicted molar refractivity (Wildman–Crippen MR) is 107 cm³/mol. The van der Waals surface area contributed by atoms with Crippen molar-refractivity contribution in [3.05, 3.63) is 24.2 Å². The van der Waals surface area contributed by atoms with Crippen LogP contribution in [0.2, 0.25) is 0 Å². The van der Waals surface area contributed by atoms with Crippen molar-refractivity contribution in [1.82, 2.24) is 10.6 Å². The lowest BCUT2D eigenvalue weighted by molar-refractivity contribution is 0.144. The monoisotopic (exact) mass is 437 g/mol. The van der Waals surface area contributed by atoms with Gasteiger partial charge in [0.15, 0.2) is 5.96 Å². The van der Waals surface area contributed by atoms with Gasteiger partial charge in [0.1, 0.15) is 5.76 Å². The molecule has 0 saturated carbocycles. The first-order valence-corrected chi connectivity index (χ1v) is 8.41. The number of nitrogens with one attached hydrogen (secondary N) is 2. The summed E-state index contributed by atoms with van der Waals surface area (Å²) in [5.74, 6) is 1.88. The Morgan fingerprint density at radius 3 is 2.83 bits per heavy atom. The van der Waals surface area contributed by atoms with Crippen molar-refractivity contribution >= 4 is 29.9 Å². The first-order chi connectivity index (χ1) is 10.8. The molecule has 1 rings (SSSR count). The number of unbranched alkanes of at least 4 members (excludes halogenated alkanes) is 1. The third kappa shape index (κ3) is 11.4. The Bertz CT molecular complexity index is 397. The normalized spacial score (nSPS) is 12.6. The molecular weight excluding hydrogens is 405 g/mol. The van der Waals surface area contributed by atoms with E-state index in [1.165, 1.54) is 0 Å². The molecule has 0 fully saturated rings. The van der Waals surface area contributed by atoms with E-state index in [0.717, 1.165) is 63.7 Å². The minimum Gasteiger partial charge on any atom is -0.469 e. The summed E-state index contributed by atoms with van der Waals surface area (Å²) in [7, 11) is 0. The van der Waals surface area contributed by atoms with E-state index in [9.17, 15) is 0 Å². The molecular formula is C17H32IN3O2. The number of guanidine groups is 1. The topological polar surface area (TPSA) is 58.8 Å². The van der Waals surface area contributed by atoms with E-state index in [1.54, 1.807) is 6.26 Å². The summed E-state index contributed by atoms with van der Waals surface area (Å²) in [6.45, 7) is 9.60. The van der Waals surface area contributed by atoms with Gasteiger partial charge in [-0.1, -0.05) is 6.92 Å². The van der Waals surface area contributed by atoms with Crippen LogP contribution >= 0.6 is 24.0 Å². The third-order valence-electron chi connectivity index (χ3n) is 3.41. The minimum atomic E-state index is 0. The molecule has 0 spiro atoms. The summed E-state index contributed by atoms with van der Waals surface area (Å²) in [6.07, 6.45) is 5.74. The molecule has 6 heteroatoms. The Morgan fingerprint density at radius 1 is 1.35 bits per heavy atom. The van der Waals surface area contributed by atoms with Crippen LogP contribution in [0.25, 0.3) is 0 Å². The Hall–Kier alpha value is -0.760. The highest BCUT2D eigenvalue weighted by molar-refractivity contribution is 14.0. The first kappa shape index (κ1) is 22.2. The third-order valence-corrected chi connectivity index (χ3v) is 3.41. The van der Waals surface area contributed by atoms with E-state index in [-0.39, 0.29) is 24.0 Å². The molecule has 0 aliphatic rings. The van der Waals surface area contributed by atoms with Gasteiger partial charge in [0.05, 0.1) is 6.26 Å². The molecule has 0 aliphatic heterocycles. The largest absolute Gasteiger partial charge is 0.469 e. The van der Waals surface area contributed by atoms with Crippen LogP contribution in [0, 0.1) is 0 Å². The molecule has 0 bridgehead atoms. The summed E-state index contributed by atoms with van der Waals surface area (Å²) in [6, 6.07) is 4.33. The number of rotatable bonds is 11. The van der Waals surface area contributed by atoms with Crippen molar-refractivity contribution in [1.29, 1.82) is 0 Å². The molecule has 1 aromatic rings. The van der Waals surface area contributed by atoms with Gasteiger partial charge in [-0.3, -0.25) is 4.99 Å². The Kier molecular flexibility index (Phi) is 14.3. The molecule has 5 nitrogen and oxygen atoms in total. The highest BCUT2D eigenvalue weighted by Gasteiger charge is 2.04. The van der Waals surface area contributed by atoms with Crippen molar-refractivity contribution in [3.63, 3.8) is 0 Å². The molecule has 1 unspecified atom stereocenters. The second kappa shape index (κ2) is 14.8. The number of ether oxygens (including phenoxy) is 1. The van der Waals surface area contributed by atoms with E-state index in [4.69, 9.17) is 9.15 Å². The molecule has 0 radical (unpaired) electrons. The molecule has 0 aliphatic carbocycles. The maximum Gasteiger partial charge on any atom is 0.191 e. The van der Waals surface area contributed by atoms with Gasteiger partial charge in [0.25, 0.3) is 0 Å². The van der Waals surface area contributed by atoms with Crippen LogP contribution < -0.4 is 10.6 Å². The SMILES string of the molecule is CCOCCCCN=C(NCCc1ccco1)NC(C)CC.I. The van der Waals surface area contributed by atoms with Gasteiger partial charge in [-0.2, -0.15) is 0 Å². The highest BCUT2D eigenvalue weighted by atomic mass is 127. The van der Waals surface area contributed by atoms with Crippen molar-refractivity contribution in [3.8, 4) is 0 Å². The van der Waals surface area contributed by atoms with E-state index in [2.05, 4.69) is 29.5 Å². The van der Waals surface area contributed by atoms with E-state index >= 15 is 0 Å². The van der Waals surface area contributed by atoms with Crippen LogP contribution in [-0.4, -0.2) is 38.3 Å². The average molecular weight is 437 g/mol. The molecule has 0 aromatic carbocycles. The first-order valence-electron chi connectivity index (χ1n) is 8.41. The lowest BCUT2D eigenvalue weighted by Crippen LogP contribution is -2.42. The number of hydrogen-bond donors (Lipinski definition) is 2. The van der Waals surface area contributed by atoms with Crippen LogP contribution in [0.1, 0.15) is 45.8 Å². The molecule has 2 N–H and O–H groups in total. The van der Waals surface area contributed by atoms with Crippen LogP contribution in [0.15, 0.2) is 27.8 Å². The zero-order valence-corrected chi connectivity index (χ0v) is 17.0. The molecule has 23 heavy (non-hydrogen) atoms. The van der Waals surface area contributed by atoms with Crippen LogP contribution in [0.5, 0.6) is 0 Å². The second-order valence-corrected chi connectivity index (χ2v) is 5.34. The number of furan rings is 1. The van der Waals surface area contributed by atoms with Crippen LogP contribution in [0.4, 0.5) is 0 Å².